The highest BCUT2D eigenvalue weighted by Crippen LogP contribution is 2.35. The number of imide groups is 2. The highest BCUT2D eigenvalue weighted by atomic mass is 16.5. The summed E-state index contributed by atoms with van der Waals surface area (Å²) >= 11 is 0. The predicted octanol–water partition coefficient (Wildman–Crippen LogP) is 6.19. The molecule has 0 spiro atoms. The quantitative estimate of drug-likeness (QED) is 0.0915. The van der Waals surface area contributed by atoms with E-state index in [0.717, 1.165) is 28.2 Å². The molecule has 2 aliphatic rings. The summed E-state index contributed by atoms with van der Waals surface area (Å²) in [5.41, 5.74) is 6.76. The Morgan fingerprint density at radius 1 is 0.846 bits per heavy atom. The number of nitrogens with zero attached hydrogens (tertiary/aromatic N) is 2. The van der Waals surface area contributed by atoms with Crippen LogP contribution in [0.5, 0.6) is 5.75 Å². The van der Waals surface area contributed by atoms with Crippen LogP contribution in [0.25, 0.3) is 11.1 Å². The van der Waals surface area contributed by atoms with Crippen LogP contribution in [0.2, 0.25) is 0 Å². The predicted molar refractivity (Wildman–Crippen MR) is 200 cm³/mol. The minimum Gasteiger partial charge on any atom is -0.492 e. The van der Waals surface area contributed by atoms with E-state index < -0.39 is 29.7 Å². The van der Waals surface area contributed by atoms with Gasteiger partial charge in [0.05, 0.1) is 17.7 Å². The first kappa shape index (κ1) is 35.8. The number of likely N-dealkylation sites (N-methyl/N-ethyl adjacent to an activating group) is 1. The van der Waals surface area contributed by atoms with Crippen molar-refractivity contribution in [2.75, 3.05) is 32.1 Å². The van der Waals surface area contributed by atoms with Crippen LogP contribution in [0, 0.1) is 0 Å². The highest BCUT2D eigenvalue weighted by molar-refractivity contribution is 6.25. The van der Waals surface area contributed by atoms with Crippen molar-refractivity contribution >= 4 is 46.4 Å². The molecule has 6 rings (SSSR count). The number of ether oxygens (including phenoxy) is 1. The Labute approximate surface area is 303 Å². The van der Waals surface area contributed by atoms with Gasteiger partial charge >= 0.3 is 0 Å². The highest BCUT2D eigenvalue weighted by Gasteiger charge is 2.45. The van der Waals surface area contributed by atoms with Gasteiger partial charge in [0, 0.05) is 32.1 Å². The zero-order valence-electron chi connectivity index (χ0n) is 29.4. The van der Waals surface area contributed by atoms with Gasteiger partial charge in [-0.3, -0.25) is 34.2 Å². The number of anilines is 1. The summed E-state index contributed by atoms with van der Waals surface area (Å²) in [4.78, 5) is 65.8. The Bertz CT molecular complexity index is 1990. The van der Waals surface area contributed by atoms with Gasteiger partial charge in [-0.15, -0.1) is 0 Å². The molecular weight excluding hydrogens is 656 g/mol. The molecule has 10 heteroatoms. The van der Waals surface area contributed by atoms with E-state index in [2.05, 4.69) is 78.2 Å². The molecule has 1 atom stereocenters. The van der Waals surface area contributed by atoms with Gasteiger partial charge in [-0.1, -0.05) is 85.8 Å². The minimum atomic E-state index is -1.03. The van der Waals surface area contributed by atoms with E-state index in [0.29, 0.717) is 31.8 Å². The second kappa shape index (κ2) is 16.3. The van der Waals surface area contributed by atoms with Gasteiger partial charge < -0.3 is 15.0 Å². The van der Waals surface area contributed by atoms with Gasteiger partial charge in [-0.2, -0.15) is 0 Å². The van der Waals surface area contributed by atoms with Crippen molar-refractivity contribution in [1.82, 2.24) is 15.1 Å². The molecule has 2 heterocycles. The van der Waals surface area contributed by atoms with E-state index >= 15 is 0 Å². The number of hydrogen-bond acceptors (Lipinski definition) is 7. The summed E-state index contributed by atoms with van der Waals surface area (Å²) < 4.78 is 6.02. The zero-order valence-corrected chi connectivity index (χ0v) is 29.4. The maximum absolute atomic E-state index is 13.3. The first-order valence-corrected chi connectivity index (χ1v) is 17.7. The summed E-state index contributed by atoms with van der Waals surface area (Å²) in [5.74, 6) is -1.53. The number of amides is 5. The Balaban J connectivity index is 0.994. The molecule has 1 unspecified atom stereocenters. The topological polar surface area (TPSA) is 125 Å². The molecule has 0 aromatic heterocycles. The second-order valence-electron chi connectivity index (χ2n) is 12.8. The number of nitrogens with one attached hydrogen (secondary N) is 2. The van der Waals surface area contributed by atoms with Crippen LogP contribution in [0.1, 0.15) is 76.4 Å². The fraction of sp³-hybridized carbons (Fsp3) is 0.262. The van der Waals surface area contributed by atoms with Crippen LogP contribution in [0.4, 0.5) is 5.69 Å². The minimum absolute atomic E-state index is 0.0417. The number of carbonyl (C=O) groups is 5. The third-order valence-corrected chi connectivity index (χ3v) is 9.46. The van der Waals surface area contributed by atoms with Crippen molar-refractivity contribution in [2.45, 2.75) is 45.1 Å². The molecule has 1 saturated heterocycles. The van der Waals surface area contributed by atoms with E-state index in [9.17, 15) is 24.0 Å². The maximum Gasteiger partial charge on any atom is 0.264 e. The van der Waals surface area contributed by atoms with E-state index in [4.69, 9.17) is 4.74 Å². The van der Waals surface area contributed by atoms with Crippen molar-refractivity contribution in [1.29, 1.82) is 0 Å². The number of hydrogen-bond donors (Lipinski definition) is 2. The number of carbonyl (C=O) groups excluding carboxylic acids is 5. The van der Waals surface area contributed by atoms with Crippen molar-refractivity contribution in [3.63, 3.8) is 0 Å². The zero-order chi connectivity index (χ0) is 36.6. The Hall–Kier alpha value is -6.03. The lowest BCUT2D eigenvalue weighted by molar-refractivity contribution is -0.136. The molecule has 2 aliphatic heterocycles. The van der Waals surface area contributed by atoms with Crippen LogP contribution in [0.15, 0.2) is 103 Å². The Kier molecular flexibility index (Phi) is 11.2. The van der Waals surface area contributed by atoms with E-state index in [1.165, 1.54) is 16.7 Å². The molecule has 266 valence electrons. The average Bonchev–Trinajstić information content (AvgIpc) is 3.42. The first-order chi connectivity index (χ1) is 25.3. The van der Waals surface area contributed by atoms with Crippen molar-refractivity contribution < 1.29 is 28.7 Å². The van der Waals surface area contributed by atoms with E-state index in [1.54, 1.807) is 30.1 Å². The maximum atomic E-state index is 13.3. The second-order valence-corrected chi connectivity index (χ2v) is 12.8. The molecular formula is C42H42N4O6. The SMILES string of the molecule is CCC(=C(c1ccccc1)c1ccc(OCCN(C)C(=O)CCCNc2cccc3c2C(=O)N(C2CCC(=O)NC2=O)C3=O)cc1)c1ccccc1. The third-order valence-electron chi connectivity index (χ3n) is 9.46. The van der Waals surface area contributed by atoms with Gasteiger partial charge in [0.2, 0.25) is 17.7 Å². The molecule has 52 heavy (non-hydrogen) atoms. The number of allylic oxidation sites excluding steroid dienone is 1. The van der Waals surface area contributed by atoms with Gasteiger partial charge in [-0.05, 0) is 71.4 Å². The largest absolute Gasteiger partial charge is 0.492 e. The fourth-order valence-corrected chi connectivity index (χ4v) is 6.74. The normalized spacial score (nSPS) is 15.9. The van der Waals surface area contributed by atoms with Crippen LogP contribution in [-0.2, 0) is 14.4 Å². The molecule has 0 saturated carbocycles. The lowest BCUT2D eigenvalue weighted by Gasteiger charge is -2.27. The van der Waals surface area contributed by atoms with Crippen molar-refractivity contribution in [2.24, 2.45) is 0 Å². The summed E-state index contributed by atoms with van der Waals surface area (Å²) in [6, 6.07) is 32.8. The molecule has 4 aromatic rings. The lowest BCUT2D eigenvalue weighted by atomic mass is 9.88. The summed E-state index contributed by atoms with van der Waals surface area (Å²) in [6.07, 6.45) is 1.79. The molecule has 0 aliphatic carbocycles. The molecule has 0 bridgehead atoms. The number of benzene rings is 4. The standard InChI is InChI=1S/C42H42N4O6/c1-3-32(28-12-6-4-7-13-28)38(29-14-8-5-9-15-29)30-19-21-31(22-20-30)52-27-26-45(2)37(48)18-11-25-43-34-17-10-16-33-39(34)42(51)46(41(33)50)35-23-24-36(47)44-40(35)49/h4-10,12-17,19-22,35,43H,3,11,18,23-27H2,1-2H3,(H,44,47,49). The van der Waals surface area contributed by atoms with Gasteiger partial charge in [0.15, 0.2) is 0 Å². The van der Waals surface area contributed by atoms with E-state index in [-0.39, 0.29) is 36.3 Å². The van der Waals surface area contributed by atoms with Crippen LogP contribution >= 0.6 is 0 Å². The summed E-state index contributed by atoms with van der Waals surface area (Å²) in [7, 11) is 1.74. The first-order valence-electron chi connectivity index (χ1n) is 17.7. The Morgan fingerprint density at radius 3 is 2.19 bits per heavy atom. The molecule has 4 aromatic carbocycles. The third kappa shape index (κ3) is 7.81. The smallest absolute Gasteiger partial charge is 0.264 e. The molecule has 5 amide bonds. The molecule has 1 fully saturated rings. The van der Waals surface area contributed by atoms with Crippen LogP contribution in [0.3, 0.4) is 0 Å². The molecule has 0 radical (unpaired) electrons. The van der Waals surface area contributed by atoms with Crippen LogP contribution in [-0.4, -0.2) is 72.1 Å². The van der Waals surface area contributed by atoms with Gasteiger partial charge in [-0.25, -0.2) is 0 Å². The number of rotatable bonds is 14. The van der Waals surface area contributed by atoms with Crippen LogP contribution < -0.4 is 15.4 Å². The summed E-state index contributed by atoms with van der Waals surface area (Å²) in [6.45, 7) is 3.32. The molecule has 10 nitrogen and oxygen atoms in total. The number of fused-ring (bicyclic) bond motifs is 1. The fourth-order valence-electron chi connectivity index (χ4n) is 6.74. The lowest BCUT2D eigenvalue weighted by Crippen LogP contribution is -2.54. The van der Waals surface area contributed by atoms with Gasteiger partial charge in [0.25, 0.3) is 11.8 Å². The molecule has 2 N–H and O–H groups in total. The monoisotopic (exact) mass is 698 g/mol. The number of piperidine rings is 1. The van der Waals surface area contributed by atoms with Crippen molar-refractivity contribution in [3.05, 3.63) is 131 Å². The van der Waals surface area contributed by atoms with E-state index in [1.807, 2.05) is 24.3 Å². The average molecular weight is 699 g/mol. The van der Waals surface area contributed by atoms with Gasteiger partial charge in [0.1, 0.15) is 18.4 Å². The Morgan fingerprint density at radius 2 is 1.52 bits per heavy atom. The van der Waals surface area contributed by atoms with Crippen molar-refractivity contribution in [3.8, 4) is 5.75 Å². The summed E-state index contributed by atoms with van der Waals surface area (Å²) in [5, 5.41) is 5.39.